The van der Waals surface area contributed by atoms with Crippen molar-refractivity contribution < 1.29 is 14.3 Å². The van der Waals surface area contributed by atoms with Crippen molar-refractivity contribution in [3.8, 4) is 0 Å². The van der Waals surface area contributed by atoms with Crippen LogP contribution in [0, 0.1) is 11.7 Å². The Morgan fingerprint density at radius 3 is 2.56 bits per heavy atom. The fourth-order valence-corrected chi connectivity index (χ4v) is 2.79. The Bertz CT molecular complexity index is 443. The van der Waals surface area contributed by atoms with Gasteiger partial charge in [0.05, 0.1) is 5.41 Å². The van der Waals surface area contributed by atoms with Crippen molar-refractivity contribution in [1.29, 1.82) is 0 Å². The molecule has 0 bridgehead atoms. The zero-order valence-corrected chi connectivity index (χ0v) is 10.4. The normalized spacial score (nSPS) is 20.3. The average Bonchev–Trinajstić information content (AvgIpc) is 2.39. The lowest BCUT2D eigenvalue weighted by atomic mass is 9.68. The zero-order valence-electron chi connectivity index (χ0n) is 10.4. The van der Waals surface area contributed by atoms with Gasteiger partial charge in [-0.3, -0.25) is 4.79 Å². The van der Waals surface area contributed by atoms with Crippen LogP contribution in [-0.4, -0.2) is 24.2 Å². The molecule has 1 saturated heterocycles. The molecule has 0 aliphatic carbocycles. The predicted octanol–water partition coefficient (Wildman–Crippen LogP) is 2.17. The van der Waals surface area contributed by atoms with Gasteiger partial charge in [-0.25, -0.2) is 4.39 Å². The Kier molecular flexibility index (Phi) is 3.66. The van der Waals surface area contributed by atoms with Crippen molar-refractivity contribution >= 4 is 5.97 Å². The monoisotopic (exact) mass is 251 g/mol. The SMILES string of the molecule is CC(C(=O)O)(c1ccccc1F)C1CCNCC1. The maximum absolute atomic E-state index is 13.9. The van der Waals surface area contributed by atoms with Crippen molar-refractivity contribution in [2.75, 3.05) is 13.1 Å². The highest BCUT2D eigenvalue weighted by atomic mass is 19.1. The van der Waals surface area contributed by atoms with E-state index in [-0.39, 0.29) is 5.92 Å². The van der Waals surface area contributed by atoms with Crippen molar-refractivity contribution in [2.45, 2.75) is 25.2 Å². The van der Waals surface area contributed by atoms with E-state index in [1.807, 2.05) is 0 Å². The van der Waals surface area contributed by atoms with Crippen LogP contribution in [0.1, 0.15) is 25.3 Å². The molecule has 1 aliphatic heterocycles. The van der Waals surface area contributed by atoms with E-state index < -0.39 is 17.2 Å². The first-order valence-corrected chi connectivity index (χ1v) is 6.26. The van der Waals surface area contributed by atoms with Crippen LogP contribution in [0.4, 0.5) is 4.39 Å². The zero-order chi connectivity index (χ0) is 13.2. The van der Waals surface area contributed by atoms with E-state index in [0.29, 0.717) is 5.56 Å². The number of nitrogens with one attached hydrogen (secondary N) is 1. The summed E-state index contributed by atoms with van der Waals surface area (Å²) in [4.78, 5) is 11.7. The number of hydrogen-bond acceptors (Lipinski definition) is 2. The molecule has 98 valence electrons. The van der Waals surface area contributed by atoms with E-state index >= 15 is 0 Å². The van der Waals surface area contributed by atoms with E-state index in [1.54, 1.807) is 25.1 Å². The lowest BCUT2D eigenvalue weighted by Crippen LogP contribution is -2.45. The topological polar surface area (TPSA) is 49.3 Å². The van der Waals surface area contributed by atoms with E-state index in [0.717, 1.165) is 25.9 Å². The molecule has 18 heavy (non-hydrogen) atoms. The van der Waals surface area contributed by atoms with Gasteiger partial charge in [-0.2, -0.15) is 0 Å². The third-order valence-corrected chi connectivity index (χ3v) is 4.03. The summed E-state index contributed by atoms with van der Waals surface area (Å²) in [6.45, 7) is 3.23. The molecule has 0 amide bonds. The molecule has 1 aromatic rings. The standard InChI is InChI=1S/C14H18FNO2/c1-14(13(17)18,10-6-8-16-9-7-10)11-4-2-3-5-12(11)15/h2-5,10,16H,6-9H2,1H3,(H,17,18). The highest BCUT2D eigenvalue weighted by molar-refractivity contribution is 5.81. The molecule has 0 radical (unpaired) electrons. The van der Waals surface area contributed by atoms with Gasteiger partial charge >= 0.3 is 5.97 Å². The van der Waals surface area contributed by atoms with Crippen LogP contribution in [0.15, 0.2) is 24.3 Å². The van der Waals surface area contributed by atoms with Gasteiger partial charge < -0.3 is 10.4 Å². The molecular formula is C14H18FNO2. The summed E-state index contributed by atoms with van der Waals surface area (Å²) in [5, 5.41) is 12.8. The molecular weight excluding hydrogens is 233 g/mol. The van der Waals surface area contributed by atoms with Gasteiger partial charge in [0.15, 0.2) is 0 Å². The maximum atomic E-state index is 13.9. The molecule has 1 fully saturated rings. The molecule has 0 saturated carbocycles. The Morgan fingerprint density at radius 1 is 1.39 bits per heavy atom. The van der Waals surface area contributed by atoms with Gasteiger partial charge in [-0.05, 0) is 44.8 Å². The van der Waals surface area contributed by atoms with Gasteiger partial charge in [0, 0.05) is 5.56 Å². The fraction of sp³-hybridized carbons (Fsp3) is 0.500. The molecule has 2 rings (SSSR count). The second-order valence-electron chi connectivity index (χ2n) is 5.01. The molecule has 1 aliphatic rings. The third-order valence-electron chi connectivity index (χ3n) is 4.03. The van der Waals surface area contributed by atoms with Crippen LogP contribution in [0.2, 0.25) is 0 Å². The Balaban J connectivity index is 2.43. The number of benzene rings is 1. The minimum atomic E-state index is -1.15. The number of carboxylic acids is 1. The molecule has 3 nitrogen and oxygen atoms in total. The maximum Gasteiger partial charge on any atom is 0.314 e. The van der Waals surface area contributed by atoms with E-state index in [4.69, 9.17) is 0 Å². The van der Waals surface area contributed by atoms with Gasteiger partial charge in [0.1, 0.15) is 5.82 Å². The van der Waals surface area contributed by atoms with Crippen LogP contribution in [-0.2, 0) is 10.2 Å². The lowest BCUT2D eigenvalue weighted by molar-refractivity contribution is -0.146. The molecule has 1 aromatic carbocycles. The predicted molar refractivity (Wildman–Crippen MR) is 67.0 cm³/mol. The van der Waals surface area contributed by atoms with Crippen LogP contribution in [0.5, 0.6) is 0 Å². The van der Waals surface area contributed by atoms with Crippen LogP contribution < -0.4 is 5.32 Å². The average molecular weight is 251 g/mol. The van der Waals surface area contributed by atoms with E-state index in [9.17, 15) is 14.3 Å². The molecule has 4 heteroatoms. The van der Waals surface area contributed by atoms with Crippen molar-refractivity contribution in [3.05, 3.63) is 35.6 Å². The highest BCUT2D eigenvalue weighted by Gasteiger charge is 2.44. The fourth-order valence-electron chi connectivity index (χ4n) is 2.79. The Hall–Kier alpha value is -1.42. The smallest absolute Gasteiger partial charge is 0.314 e. The van der Waals surface area contributed by atoms with E-state index in [1.165, 1.54) is 6.07 Å². The first-order valence-electron chi connectivity index (χ1n) is 6.26. The van der Waals surface area contributed by atoms with Crippen LogP contribution >= 0.6 is 0 Å². The van der Waals surface area contributed by atoms with Gasteiger partial charge in [0.25, 0.3) is 0 Å². The minimum absolute atomic E-state index is 0.0341. The summed E-state index contributed by atoms with van der Waals surface area (Å²) in [6, 6.07) is 6.20. The number of rotatable bonds is 3. The Labute approximate surface area is 106 Å². The summed E-state index contributed by atoms with van der Waals surface area (Å²) >= 11 is 0. The quantitative estimate of drug-likeness (QED) is 0.865. The first kappa shape index (κ1) is 13.0. The second kappa shape index (κ2) is 5.06. The minimum Gasteiger partial charge on any atom is -0.481 e. The van der Waals surface area contributed by atoms with Crippen LogP contribution in [0.3, 0.4) is 0 Å². The van der Waals surface area contributed by atoms with E-state index in [2.05, 4.69) is 5.32 Å². The number of hydrogen-bond donors (Lipinski definition) is 2. The third kappa shape index (κ3) is 2.12. The summed E-state index contributed by atoms with van der Waals surface area (Å²) in [5.41, 5.74) is -0.850. The van der Waals surface area contributed by atoms with Crippen LogP contribution in [0.25, 0.3) is 0 Å². The highest BCUT2D eigenvalue weighted by Crippen LogP contribution is 2.38. The summed E-state index contributed by atoms with van der Waals surface area (Å²) in [6.07, 6.45) is 1.52. The largest absolute Gasteiger partial charge is 0.481 e. The van der Waals surface area contributed by atoms with Gasteiger partial charge in [-0.1, -0.05) is 18.2 Å². The number of carbonyl (C=O) groups is 1. The van der Waals surface area contributed by atoms with Gasteiger partial charge in [-0.15, -0.1) is 0 Å². The van der Waals surface area contributed by atoms with Crippen molar-refractivity contribution in [3.63, 3.8) is 0 Å². The number of halogens is 1. The summed E-state index contributed by atoms with van der Waals surface area (Å²) < 4.78 is 13.9. The summed E-state index contributed by atoms with van der Waals surface area (Å²) in [7, 11) is 0. The second-order valence-corrected chi connectivity index (χ2v) is 5.01. The molecule has 1 atom stereocenters. The van der Waals surface area contributed by atoms with Crippen molar-refractivity contribution in [2.24, 2.45) is 5.92 Å². The summed E-state index contributed by atoms with van der Waals surface area (Å²) in [5.74, 6) is -1.41. The van der Waals surface area contributed by atoms with Crippen molar-refractivity contribution in [1.82, 2.24) is 5.32 Å². The number of carboxylic acid groups (broad SMARTS) is 1. The van der Waals surface area contributed by atoms with Gasteiger partial charge in [0.2, 0.25) is 0 Å². The molecule has 1 heterocycles. The molecule has 0 spiro atoms. The number of piperidine rings is 1. The molecule has 0 aromatic heterocycles. The lowest BCUT2D eigenvalue weighted by Gasteiger charge is -2.37. The molecule has 1 unspecified atom stereocenters. The first-order chi connectivity index (χ1) is 8.56. The molecule has 2 N–H and O–H groups in total. The Morgan fingerprint density at radius 2 is 2.00 bits per heavy atom. The number of aliphatic carboxylic acids is 1.